The fourth-order valence-electron chi connectivity index (χ4n) is 3.03. The summed E-state index contributed by atoms with van der Waals surface area (Å²) in [6.07, 6.45) is -4.60. The Bertz CT molecular complexity index is 796. The Kier molecular flexibility index (Phi) is 6.90. The second-order valence-corrected chi connectivity index (χ2v) is 7.63. The molecule has 158 valence electrons. The van der Waals surface area contributed by atoms with E-state index in [-0.39, 0.29) is 37.0 Å². The Morgan fingerprint density at radius 1 is 1.17 bits per heavy atom. The predicted molar refractivity (Wildman–Crippen MR) is 101 cm³/mol. The number of piperazine rings is 1. The van der Waals surface area contributed by atoms with Gasteiger partial charge < -0.3 is 10.2 Å². The van der Waals surface area contributed by atoms with E-state index >= 15 is 0 Å². The Morgan fingerprint density at radius 2 is 1.76 bits per heavy atom. The molecule has 9 heteroatoms. The maximum Gasteiger partial charge on any atom is 0.417 e. The summed E-state index contributed by atoms with van der Waals surface area (Å²) >= 11 is 0. The molecule has 0 spiro atoms. The number of hydrogen-bond donors (Lipinski definition) is 1. The van der Waals surface area contributed by atoms with E-state index < -0.39 is 23.2 Å². The van der Waals surface area contributed by atoms with Crippen LogP contribution in [0.15, 0.2) is 24.3 Å². The van der Waals surface area contributed by atoms with Crippen LogP contribution >= 0.6 is 0 Å². The number of carbonyl (C=O) groups excluding carboxylic acids is 2. The molecule has 1 fully saturated rings. The SMILES string of the molecule is CC(C)[C@](C)(C#N)NC(=O)CN1CCN(C(=O)c2ccccc2C(F)(F)F)CC1. The highest BCUT2D eigenvalue weighted by atomic mass is 19.4. The summed E-state index contributed by atoms with van der Waals surface area (Å²) in [5.41, 5.74) is -2.29. The summed E-state index contributed by atoms with van der Waals surface area (Å²) in [4.78, 5) is 28.0. The number of nitriles is 1. The molecule has 0 radical (unpaired) electrons. The van der Waals surface area contributed by atoms with Gasteiger partial charge in [0.05, 0.1) is 23.7 Å². The van der Waals surface area contributed by atoms with Gasteiger partial charge in [0, 0.05) is 26.2 Å². The van der Waals surface area contributed by atoms with E-state index in [1.54, 1.807) is 6.92 Å². The maximum absolute atomic E-state index is 13.2. The molecule has 0 unspecified atom stereocenters. The molecule has 1 saturated heterocycles. The number of alkyl halides is 3. The van der Waals surface area contributed by atoms with E-state index in [0.717, 1.165) is 6.07 Å². The van der Waals surface area contributed by atoms with E-state index in [4.69, 9.17) is 0 Å². The van der Waals surface area contributed by atoms with E-state index in [0.29, 0.717) is 13.1 Å². The fraction of sp³-hybridized carbons (Fsp3) is 0.550. The molecule has 0 saturated carbocycles. The number of halogens is 3. The highest BCUT2D eigenvalue weighted by Gasteiger charge is 2.36. The number of amides is 2. The first-order chi connectivity index (χ1) is 13.5. The van der Waals surface area contributed by atoms with E-state index in [9.17, 15) is 28.0 Å². The van der Waals surface area contributed by atoms with Crippen molar-refractivity contribution in [2.75, 3.05) is 32.7 Å². The van der Waals surface area contributed by atoms with Crippen LogP contribution in [0.5, 0.6) is 0 Å². The molecule has 1 atom stereocenters. The van der Waals surface area contributed by atoms with Gasteiger partial charge in [-0.05, 0) is 25.0 Å². The van der Waals surface area contributed by atoms with E-state index in [1.807, 2.05) is 18.7 Å². The van der Waals surface area contributed by atoms with Gasteiger partial charge in [-0.25, -0.2) is 0 Å². The maximum atomic E-state index is 13.2. The average molecular weight is 410 g/mol. The number of rotatable bonds is 5. The van der Waals surface area contributed by atoms with Crippen LogP contribution in [0.4, 0.5) is 13.2 Å². The van der Waals surface area contributed by atoms with Gasteiger partial charge in [-0.2, -0.15) is 18.4 Å². The molecule has 2 rings (SSSR count). The first-order valence-corrected chi connectivity index (χ1v) is 9.38. The summed E-state index contributed by atoms with van der Waals surface area (Å²) in [5.74, 6) is -1.04. The van der Waals surface area contributed by atoms with Crippen LogP contribution in [-0.2, 0) is 11.0 Å². The molecular formula is C20H25F3N4O2. The van der Waals surface area contributed by atoms with Crippen molar-refractivity contribution < 1.29 is 22.8 Å². The average Bonchev–Trinajstić information content (AvgIpc) is 2.67. The van der Waals surface area contributed by atoms with Crippen LogP contribution in [0, 0.1) is 17.2 Å². The lowest BCUT2D eigenvalue weighted by molar-refractivity contribution is -0.138. The second-order valence-electron chi connectivity index (χ2n) is 7.63. The van der Waals surface area contributed by atoms with Crippen LogP contribution in [0.25, 0.3) is 0 Å². The molecule has 1 aliphatic heterocycles. The number of hydrogen-bond acceptors (Lipinski definition) is 4. The number of nitrogens with one attached hydrogen (secondary N) is 1. The van der Waals surface area contributed by atoms with Gasteiger partial charge in [0.2, 0.25) is 5.91 Å². The smallest absolute Gasteiger partial charge is 0.337 e. The van der Waals surface area contributed by atoms with Crippen molar-refractivity contribution in [3.8, 4) is 6.07 Å². The fourth-order valence-corrected chi connectivity index (χ4v) is 3.03. The summed E-state index contributed by atoms with van der Waals surface area (Å²) < 4.78 is 39.5. The summed E-state index contributed by atoms with van der Waals surface area (Å²) in [6, 6.07) is 6.85. The lowest BCUT2D eigenvalue weighted by Crippen LogP contribution is -2.55. The molecule has 2 amide bonds. The van der Waals surface area contributed by atoms with Crippen molar-refractivity contribution in [2.24, 2.45) is 5.92 Å². The minimum atomic E-state index is -4.60. The largest absolute Gasteiger partial charge is 0.417 e. The molecule has 1 aliphatic rings. The Labute approximate surface area is 168 Å². The zero-order valence-electron chi connectivity index (χ0n) is 16.7. The van der Waals surface area contributed by atoms with Crippen molar-refractivity contribution in [1.29, 1.82) is 5.26 Å². The Morgan fingerprint density at radius 3 is 2.28 bits per heavy atom. The van der Waals surface area contributed by atoms with Crippen LogP contribution < -0.4 is 5.32 Å². The third-order valence-corrected chi connectivity index (χ3v) is 5.28. The van der Waals surface area contributed by atoms with Gasteiger partial charge in [-0.1, -0.05) is 26.0 Å². The lowest BCUT2D eigenvalue weighted by atomic mass is 9.90. The predicted octanol–water partition coefficient (Wildman–Crippen LogP) is 2.52. The third-order valence-electron chi connectivity index (χ3n) is 5.28. The monoisotopic (exact) mass is 410 g/mol. The number of benzene rings is 1. The first-order valence-electron chi connectivity index (χ1n) is 9.38. The van der Waals surface area contributed by atoms with Gasteiger partial charge in [0.1, 0.15) is 5.54 Å². The molecule has 1 aromatic rings. The number of nitrogens with zero attached hydrogens (tertiary/aromatic N) is 3. The van der Waals surface area contributed by atoms with Gasteiger partial charge >= 0.3 is 6.18 Å². The summed E-state index contributed by atoms with van der Waals surface area (Å²) in [5, 5.41) is 12.0. The van der Waals surface area contributed by atoms with Crippen molar-refractivity contribution >= 4 is 11.8 Å². The van der Waals surface area contributed by atoms with Crippen LogP contribution in [0.2, 0.25) is 0 Å². The minimum Gasteiger partial charge on any atom is -0.337 e. The van der Waals surface area contributed by atoms with Gasteiger partial charge in [-0.3, -0.25) is 14.5 Å². The normalized spacial score (nSPS) is 17.5. The molecule has 0 bridgehead atoms. The number of carbonyl (C=O) groups is 2. The molecule has 1 heterocycles. The van der Waals surface area contributed by atoms with Crippen molar-refractivity contribution in [2.45, 2.75) is 32.5 Å². The highest BCUT2D eigenvalue weighted by Crippen LogP contribution is 2.32. The minimum absolute atomic E-state index is 0.0607. The highest BCUT2D eigenvalue weighted by molar-refractivity contribution is 5.96. The molecule has 0 aromatic heterocycles. The Balaban J connectivity index is 1.96. The molecule has 6 nitrogen and oxygen atoms in total. The van der Waals surface area contributed by atoms with Crippen LogP contribution in [-0.4, -0.2) is 59.9 Å². The van der Waals surface area contributed by atoms with Crippen molar-refractivity contribution in [3.05, 3.63) is 35.4 Å². The molecule has 1 N–H and O–H groups in total. The van der Waals surface area contributed by atoms with Gasteiger partial charge in [0.15, 0.2) is 0 Å². The molecule has 1 aromatic carbocycles. The zero-order valence-corrected chi connectivity index (χ0v) is 16.7. The second kappa shape index (κ2) is 8.82. The van der Waals surface area contributed by atoms with Crippen LogP contribution in [0.1, 0.15) is 36.7 Å². The lowest BCUT2D eigenvalue weighted by Gasteiger charge is -2.35. The molecule has 29 heavy (non-hydrogen) atoms. The van der Waals surface area contributed by atoms with E-state index in [2.05, 4.69) is 11.4 Å². The third kappa shape index (κ3) is 5.48. The van der Waals surface area contributed by atoms with Crippen molar-refractivity contribution in [3.63, 3.8) is 0 Å². The van der Waals surface area contributed by atoms with Crippen LogP contribution in [0.3, 0.4) is 0 Å². The zero-order chi connectivity index (χ0) is 21.8. The topological polar surface area (TPSA) is 76.4 Å². The Hall–Kier alpha value is -2.60. The van der Waals surface area contributed by atoms with Gasteiger partial charge in [0.25, 0.3) is 5.91 Å². The molecular weight excluding hydrogens is 385 g/mol. The quantitative estimate of drug-likeness (QED) is 0.809. The standard InChI is InChI=1S/C20H25F3N4O2/c1-14(2)19(3,13-24)25-17(28)12-26-8-10-27(11-9-26)18(29)15-6-4-5-7-16(15)20(21,22)23/h4-7,14H,8-12H2,1-3H3,(H,25,28)/t19-/m0/s1. The first kappa shape index (κ1) is 22.7. The summed E-state index contributed by atoms with van der Waals surface area (Å²) in [6.45, 7) is 6.56. The summed E-state index contributed by atoms with van der Waals surface area (Å²) in [7, 11) is 0. The molecule has 0 aliphatic carbocycles. The van der Waals surface area contributed by atoms with E-state index in [1.165, 1.54) is 23.1 Å². The van der Waals surface area contributed by atoms with Gasteiger partial charge in [-0.15, -0.1) is 0 Å². The van der Waals surface area contributed by atoms with Crippen molar-refractivity contribution in [1.82, 2.24) is 15.1 Å².